The van der Waals surface area contributed by atoms with Gasteiger partial charge in [-0.3, -0.25) is 4.79 Å². The van der Waals surface area contributed by atoms with Crippen molar-refractivity contribution in [2.24, 2.45) is 0 Å². The van der Waals surface area contributed by atoms with Crippen molar-refractivity contribution < 1.29 is 14.3 Å². The maximum Gasteiger partial charge on any atom is 0.336 e. The van der Waals surface area contributed by atoms with Crippen molar-refractivity contribution in [1.29, 1.82) is 0 Å². The van der Waals surface area contributed by atoms with Gasteiger partial charge in [0.15, 0.2) is 5.78 Å². The van der Waals surface area contributed by atoms with Crippen LogP contribution < -0.4 is 5.32 Å². The number of thioether (sulfide) groups is 1. The lowest BCUT2D eigenvalue weighted by molar-refractivity contribution is -0.138. The van der Waals surface area contributed by atoms with E-state index >= 15 is 0 Å². The van der Waals surface area contributed by atoms with Crippen molar-refractivity contribution in [1.82, 2.24) is 5.32 Å². The van der Waals surface area contributed by atoms with E-state index in [-0.39, 0.29) is 11.8 Å². The van der Waals surface area contributed by atoms with Crippen LogP contribution in [0.15, 0.2) is 46.8 Å². The molecule has 3 rings (SSSR count). The number of ether oxygens (including phenoxy) is 1. The predicted molar refractivity (Wildman–Crippen MR) is 110 cm³/mol. The van der Waals surface area contributed by atoms with Gasteiger partial charge >= 0.3 is 5.97 Å². The first-order valence-corrected chi connectivity index (χ1v) is 10.8. The van der Waals surface area contributed by atoms with E-state index in [1.807, 2.05) is 25.1 Å². The van der Waals surface area contributed by atoms with Crippen LogP contribution in [0.1, 0.15) is 44.6 Å². The first kappa shape index (κ1) is 20.0. The van der Waals surface area contributed by atoms with E-state index in [9.17, 15) is 9.59 Å². The van der Waals surface area contributed by atoms with Crippen molar-refractivity contribution >= 4 is 35.1 Å². The standard InChI is InChI=1S/C21H24ClNO3S/c1-3-27-12-11-26-21(25)18-13(2)23-16-9-6-10-17(24)20(16)19(18)14-7-4-5-8-15(14)22/h4-5,7-8,19,23H,3,6,9-12H2,1-2H3. The van der Waals surface area contributed by atoms with Crippen molar-refractivity contribution in [2.45, 2.75) is 39.0 Å². The molecule has 144 valence electrons. The minimum Gasteiger partial charge on any atom is -0.461 e. The smallest absolute Gasteiger partial charge is 0.336 e. The lowest BCUT2D eigenvalue weighted by Gasteiger charge is -2.34. The van der Waals surface area contributed by atoms with E-state index < -0.39 is 5.92 Å². The maximum absolute atomic E-state index is 12.9. The number of carbonyl (C=O) groups is 2. The molecule has 27 heavy (non-hydrogen) atoms. The summed E-state index contributed by atoms with van der Waals surface area (Å²) in [5, 5.41) is 3.84. The second-order valence-electron chi connectivity index (χ2n) is 6.62. The van der Waals surface area contributed by atoms with Crippen LogP contribution in [0.5, 0.6) is 0 Å². The van der Waals surface area contributed by atoms with Crippen LogP contribution in [0.4, 0.5) is 0 Å². The highest BCUT2D eigenvalue weighted by molar-refractivity contribution is 7.99. The van der Waals surface area contributed by atoms with E-state index in [4.69, 9.17) is 16.3 Å². The van der Waals surface area contributed by atoms with E-state index in [1.54, 1.807) is 17.8 Å². The fourth-order valence-corrected chi connectivity index (χ4v) is 4.42. The molecule has 1 unspecified atom stereocenters. The number of allylic oxidation sites excluding steroid dienone is 3. The third-order valence-electron chi connectivity index (χ3n) is 4.88. The number of carbonyl (C=O) groups excluding carboxylic acids is 2. The quantitative estimate of drug-likeness (QED) is 0.553. The highest BCUT2D eigenvalue weighted by Crippen LogP contribution is 2.44. The largest absolute Gasteiger partial charge is 0.461 e. The van der Waals surface area contributed by atoms with Gasteiger partial charge in [0.2, 0.25) is 0 Å². The summed E-state index contributed by atoms with van der Waals surface area (Å²) in [5.74, 6) is 0.952. The van der Waals surface area contributed by atoms with Gasteiger partial charge in [0, 0.05) is 40.1 Å². The van der Waals surface area contributed by atoms with E-state index in [1.165, 1.54) is 0 Å². The van der Waals surface area contributed by atoms with Crippen LogP contribution in [-0.4, -0.2) is 29.9 Å². The normalized spacial score (nSPS) is 19.7. The Kier molecular flexibility index (Phi) is 6.66. The number of hydrogen-bond acceptors (Lipinski definition) is 5. The van der Waals surface area contributed by atoms with Crippen LogP contribution >= 0.6 is 23.4 Å². The Morgan fingerprint density at radius 3 is 2.85 bits per heavy atom. The number of hydrogen-bond donors (Lipinski definition) is 1. The predicted octanol–water partition coefficient (Wildman–Crippen LogP) is 4.60. The van der Waals surface area contributed by atoms with Gasteiger partial charge in [-0.2, -0.15) is 11.8 Å². The molecule has 0 amide bonds. The Bertz CT molecular complexity index is 815. The van der Waals surface area contributed by atoms with E-state index in [0.29, 0.717) is 29.2 Å². The van der Waals surface area contributed by atoms with E-state index in [0.717, 1.165) is 41.3 Å². The molecule has 0 bridgehead atoms. The van der Waals surface area contributed by atoms with Crippen molar-refractivity contribution in [3.05, 3.63) is 57.4 Å². The first-order valence-electron chi connectivity index (χ1n) is 9.27. The van der Waals surface area contributed by atoms with Gasteiger partial charge in [0.25, 0.3) is 0 Å². The molecule has 1 aliphatic heterocycles. The molecule has 1 atom stereocenters. The van der Waals surface area contributed by atoms with Crippen LogP contribution in [0.25, 0.3) is 0 Å². The maximum atomic E-state index is 12.9. The van der Waals surface area contributed by atoms with Gasteiger partial charge in [-0.25, -0.2) is 4.79 Å². The zero-order valence-corrected chi connectivity index (χ0v) is 17.2. The third kappa shape index (κ3) is 4.25. The molecule has 1 aromatic carbocycles. The fourth-order valence-electron chi connectivity index (χ4n) is 3.69. The van der Waals surface area contributed by atoms with Gasteiger partial charge < -0.3 is 10.1 Å². The number of Topliss-reactive ketones (excluding diaryl/α,β-unsaturated/α-hetero) is 1. The molecule has 0 saturated heterocycles. The SMILES string of the molecule is CCSCCOC(=O)C1=C(C)NC2=C(C(=O)CCC2)C1c1ccccc1Cl. The molecule has 0 saturated carbocycles. The minimum absolute atomic E-state index is 0.0769. The second-order valence-corrected chi connectivity index (χ2v) is 8.42. The van der Waals surface area contributed by atoms with Gasteiger partial charge in [0.05, 0.1) is 5.57 Å². The van der Waals surface area contributed by atoms with Crippen LogP contribution in [0.3, 0.4) is 0 Å². The van der Waals surface area contributed by atoms with E-state index in [2.05, 4.69) is 12.2 Å². The van der Waals surface area contributed by atoms with Crippen LogP contribution in [0.2, 0.25) is 5.02 Å². The molecule has 1 aliphatic carbocycles. The molecular formula is C21H24ClNO3S. The number of rotatable bonds is 6. The molecular weight excluding hydrogens is 382 g/mol. The Morgan fingerprint density at radius 2 is 2.11 bits per heavy atom. The van der Waals surface area contributed by atoms with Gasteiger partial charge in [-0.15, -0.1) is 0 Å². The first-order chi connectivity index (χ1) is 13.0. The fraction of sp³-hybridized carbons (Fsp3) is 0.429. The summed E-state index contributed by atoms with van der Waals surface area (Å²) in [7, 11) is 0. The monoisotopic (exact) mass is 405 g/mol. The van der Waals surface area contributed by atoms with Crippen LogP contribution in [0, 0.1) is 0 Å². The zero-order chi connectivity index (χ0) is 19.4. The zero-order valence-electron chi connectivity index (χ0n) is 15.6. The molecule has 0 fully saturated rings. The highest BCUT2D eigenvalue weighted by atomic mass is 35.5. The summed E-state index contributed by atoms with van der Waals surface area (Å²) < 4.78 is 5.53. The molecule has 1 heterocycles. The summed E-state index contributed by atoms with van der Waals surface area (Å²) >= 11 is 8.19. The molecule has 1 N–H and O–H groups in total. The topological polar surface area (TPSA) is 55.4 Å². The Morgan fingerprint density at radius 1 is 1.33 bits per heavy atom. The summed E-state index contributed by atoms with van der Waals surface area (Å²) in [6.07, 6.45) is 2.12. The lowest BCUT2D eigenvalue weighted by atomic mass is 9.75. The second kappa shape index (κ2) is 8.98. The van der Waals surface area contributed by atoms with Gasteiger partial charge in [-0.1, -0.05) is 36.7 Å². The van der Waals surface area contributed by atoms with Crippen LogP contribution in [-0.2, 0) is 14.3 Å². The number of ketones is 1. The molecule has 6 heteroatoms. The van der Waals surface area contributed by atoms with Crippen molar-refractivity contribution in [2.75, 3.05) is 18.1 Å². The molecule has 0 spiro atoms. The number of nitrogens with one attached hydrogen (secondary N) is 1. The number of benzene rings is 1. The van der Waals surface area contributed by atoms with Gasteiger partial charge in [0.1, 0.15) is 6.61 Å². The molecule has 4 nitrogen and oxygen atoms in total. The average molecular weight is 406 g/mol. The molecule has 1 aromatic rings. The third-order valence-corrected chi connectivity index (χ3v) is 6.08. The highest BCUT2D eigenvalue weighted by Gasteiger charge is 2.39. The summed E-state index contributed by atoms with van der Waals surface area (Å²) in [6.45, 7) is 4.29. The Balaban J connectivity index is 2.01. The van der Waals surface area contributed by atoms with Crippen molar-refractivity contribution in [3.63, 3.8) is 0 Å². The summed E-state index contributed by atoms with van der Waals surface area (Å²) in [6, 6.07) is 7.41. The summed E-state index contributed by atoms with van der Waals surface area (Å²) in [5.41, 5.74) is 3.57. The number of halogens is 1. The summed E-state index contributed by atoms with van der Waals surface area (Å²) in [4.78, 5) is 25.7. The Hall–Kier alpha value is -1.72. The Labute approximate surface area is 169 Å². The molecule has 0 aromatic heterocycles. The lowest BCUT2D eigenvalue weighted by Crippen LogP contribution is -2.34. The minimum atomic E-state index is -0.478. The number of dihydropyridines is 1. The molecule has 0 radical (unpaired) electrons. The number of esters is 1. The van der Waals surface area contributed by atoms with Crippen molar-refractivity contribution in [3.8, 4) is 0 Å². The molecule has 2 aliphatic rings. The van der Waals surface area contributed by atoms with Gasteiger partial charge in [-0.05, 0) is 37.1 Å². The average Bonchev–Trinajstić information content (AvgIpc) is 2.65.